The second-order valence-electron chi connectivity index (χ2n) is 6.88. The lowest BCUT2D eigenvalue weighted by Gasteiger charge is -2.21. The van der Waals surface area contributed by atoms with Crippen molar-refractivity contribution in [3.05, 3.63) is 52.5 Å². The minimum Gasteiger partial charge on any atom is -0.492 e. The highest BCUT2D eigenvalue weighted by molar-refractivity contribution is 9.10. The van der Waals surface area contributed by atoms with Crippen LogP contribution in [-0.4, -0.2) is 38.3 Å². The highest BCUT2D eigenvalue weighted by Gasteiger charge is 2.23. The summed E-state index contributed by atoms with van der Waals surface area (Å²) in [7, 11) is -3.54. The fraction of sp³-hybridized carbons (Fsp3) is 0.409. The first-order chi connectivity index (χ1) is 14.3. The molecule has 6 nitrogen and oxygen atoms in total. The van der Waals surface area contributed by atoms with Crippen molar-refractivity contribution in [1.29, 1.82) is 0 Å². The topological polar surface area (TPSA) is 75.7 Å². The van der Waals surface area contributed by atoms with Gasteiger partial charge in [-0.3, -0.25) is 4.79 Å². The highest BCUT2D eigenvalue weighted by atomic mass is 79.9. The molecule has 2 rings (SSSR count). The van der Waals surface area contributed by atoms with Gasteiger partial charge in [-0.25, -0.2) is 8.42 Å². The molecule has 0 spiro atoms. The number of rotatable bonds is 11. The highest BCUT2D eigenvalue weighted by Crippen LogP contribution is 2.27. The molecule has 0 atom stereocenters. The molecule has 0 heterocycles. The van der Waals surface area contributed by atoms with Gasteiger partial charge in [-0.1, -0.05) is 20.8 Å². The number of halogens is 1. The average molecular weight is 497 g/mol. The van der Waals surface area contributed by atoms with Crippen LogP contribution in [0.25, 0.3) is 0 Å². The molecule has 0 aliphatic heterocycles. The Morgan fingerprint density at radius 2 is 1.63 bits per heavy atom. The summed E-state index contributed by atoms with van der Waals surface area (Å²) >= 11 is 3.42. The van der Waals surface area contributed by atoms with Crippen molar-refractivity contribution >= 4 is 37.5 Å². The van der Waals surface area contributed by atoms with Gasteiger partial charge in [-0.15, -0.1) is 0 Å². The van der Waals surface area contributed by atoms with Gasteiger partial charge in [0.05, 0.1) is 16.0 Å². The molecule has 0 aliphatic carbocycles. The third kappa shape index (κ3) is 6.30. The average Bonchev–Trinajstić information content (AvgIpc) is 2.73. The van der Waals surface area contributed by atoms with E-state index in [-0.39, 0.29) is 10.8 Å². The number of carbonyl (C=O) groups is 1. The molecule has 2 aromatic carbocycles. The molecule has 0 saturated carbocycles. The van der Waals surface area contributed by atoms with E-state index in [1.54, 1.807) is 30.3 Å². The van der Waals surface area contributed by atoms with Crippen LogP contribution in [0, 0.1) is 0 Å². The normalized spacial score (nSPS) is 11.5. The van der Waals surface area contributed by atoms with Crippen LogP contribution in [0.2, 0.25) is 0 Å². The van der Waals surface area contributed by atoms with Crippen LogP contribution < -0.4 is 10.1 Å². The van der Waals surface area contributed by atoms with Crippen molar-refractivity contribution < 1.29 is 17.9 Å². The van der Waals surface area contributed by atoms with E-state index in [9.17, 15) is 13.2 Å². The van der Waals surface area contributed by atoms with E-state index in [0.29, 0.717) is 41.2 Å². The van der Waals surface area contributed by atoms with E-state index in [1.165, 1.54) is 16.4 Å². The van der Waals surface area contributed by atoms with Gasteiger partial charge in [0, 0.05) is 24.3 Å². The molecule has 0 unspecified atom stereocenters. The largest absolute Gasteiger partial charge is 0.492 e. The monoisotopic (exact) mass is 496 g/mol. The van der Waals surface area contributed by atoms with Gasteiger partial charge in [0.15, 0.2) is 0 Å². The molecule has 0 aliphatic rings. The number of nitrogens with zero attached hydrogens (tertiary/aromatic N) is 1. The number of hydrogen-bond donors (Lipinski definition) is 1. The molecular weight excluding hydrogens is 468 g/mol. The Hall–Kier alpha value is -1.90. The summed E-state index contributed by atoms with van der Waals surface area (Å²) in [6, 6.07) is 11.4. The number of carbonyl (C=O) groups excluding carboxylic acids is 1. The first-order valence-electron chi connectivity index (χ1n) is 10.2. The zero-order valence-electron chi connectivity index (χ0n) is 17.7. The molecule has 0 fully saturated rings. The number of hydrogen-bond acceptors (Lipinski definition) is 4. The van der Waals surface area contributed by atoms with Gasteiger partial charge in [0.1, 0.15) is 5.75 Å². The zero-order valence-corrected chi connectivity index (χ0v) is 20.1. The van der Waals surface area contributed by atoms with E-state index < -0.39 is 10.0 Å². The SMILES string of the molecule is CCCOc1ccc(C(=O)Nc2ccc(S(=O)(=O)N(CCC)CCC)cc2)cc1Br. The molecule has 0 saturated heterocycles. The lowest BCUT2D eigenvalue weighted by molar-refractivity contribution is 0.102. The summed E-state index contributed by atoms with van der Waals surface area (Å²) in [5, 5.41) is 2.80. The number of anilines is 1. The predicted octanol–water partition coefficient (Wildman–Crippen LogP) is 5.30. The van der Waals surface area contributed by atoms with Gasteiger partial charge in [0.25, 0.3) is 5.91 Å². The third-order valence-electron chi connectivity index (χ3n) is 4.35. The lowest BCUT2D eigenvalue weighted by atomic mass is 10.2. The second kappa shape index (κ2) is 11.5. The summed E-state index contributed by atoms with van der Waals surface area (Å²) in [6.45, 7) is 7.52. The van der Waals surface area contributed by atoms with Crippen molar-refractivity contribution in [3.8, 4) is 5.75 Å². The van der Waals surface area contributed by atoms with Crippen molar-refractivity contribution in [2.75, 3.05) is 25.0 Å². The maximum Gasteiger partial charge on any atom is 0.255 e. The molecule has 1 N–H and O–H groups in total. The van der Waals surface area contributed by atoms with Crippen LogP contribution in [0.15, 0.2) is 51.8 Å². The summed E-state index contributed by atoms with van der Waals surface area (Å²) in [6.07, 6.45) is 2.41. The Morgan fingerprint density at radius 1 is 1.00 bits per heavy atom. The second-order valence-corrected chi connectivity index (χ2v) is 9.67. The van der Waals surface area contributed by atoms with E-state index in [1.807, 2.05) is 20.8 Å². The van der Waals surface area contributed by atoms with Gasteiger partial charge in [0.2, 0.25) is 10.0 Å². The van der Waals surface area contributed by atoms with Crippen molar-refractivity contribution in [2.45, 2.75) is 44.9 Å². The predicted molar refractivity (Wildman–Crippen MR) is 124 cm³/mol. The van der Waals surface area contributed by atoms with E-state index in [0.717, 1.165) is 19.3 Å². The van der Waals surface area contributed by atoms with Gasteiger partial charge >= 0.3 is 0 Å². The Bertz CT molecular complexity index is 940. The Labute approximate surface area is 187 Å². The van der Waals surface area contributed by atoms with Gasteiger partial charge < -0.3 is 10.1 Å². The molecule has 2 aromatic rings. The molecule has 0 bridgehead atoms. The van der Waals surface area contributed by atoms with Crippen LogP contribution in [0.4, 0.5) is 5.69 Å². The maximum atomic E-state index is 12.8. The molecule has 30 heavy (non-hydrogen) atoms. The smallest absolute Gasteiger partial charge is 0.255 e. The van der Waals surface area contributed by atoms with Crippen LogP contribution in [-0.2, 0) is 10.0 Å². The molecule has 0 radical (unpaired) electrons. The summed E-state index contributed by atoms with van der Waals surface area (Å²) < 4.78 is 33.5. The van der Waals surface area contributed by atoms with Crippen LogP contribution in [0.3, 0.4) is 0 Å². The Kier molecular flexibility index (Phi) is 9.33. The van der Waals surface area contributed by atoms with Crippen molar-refractivity contribution in [3.63, 3.8) is 0 Å². The maximum absolute atomic E-state index is 12.8. The first kappa shape index (κ1) is 24.4. The van der Waals surface area contributed by atoms with Crippen LogP contribution in [0.5, 0.6) is 5.75 Å². The fourth-order valence-electron chi connectivity index (χ4n) is 2.88. The molecule has 1 amide bonds. The van der Waals surface area contributed by atoms with Gasteiger partial charge in [-0.2, -0.15) is 4.31 Å². The minimum absolute atomic E-state index is 0.225. The molecule has 0 aromatic heterocycles. The summed E-state index contributed by atoms with van der Waals surface area (Å²) in [5.74, 6) is 0.401. The minimum atomic E-state index is -3.54. The van der Waals surface area contributed by atoms with Gasteiger partial charge in [-0.05, 0) is 77.7 Å². The van der Waals surface area contributed by atoms with E-state index in [2.05, 4.69) is 21.2 Å². The number of benzene rings is 2. The zero-order chi connectivity index (χ0) is 22.1. The van der Waals surface area contributed by atoms with Crippen LogP contribution in [0.1, 0.15) is 50.4 Å². The third-order valence-corrected chi connectivity index (χ3v) is 6.88. The quantitative estimate of drug-likeness (QED) is 0.457. The Balaban J connectivity index is 2.11. The van der Waals surface area contributed by atoms with Crippen molar-refractivity contribution in [1.82, 2.24) is 4.31 Å². The summed E-state index contributed by atoms with van der Waals surface area (Å²) in [4.78, 5) is 12.8. The number of nitrogens with one attached hydrogen (secondary N) is 1. The lowest BCUT2D eigenvalue weighted by Crippen LogP contribution is -2.32. The van der Waals surface area contributed by atoms with E-state index >= 15 is 0 Å². The molecule has 8 heteroatoms. The van der Waals surface area contributed by atoms with Crippen LogP contribution >= 0.6 is 15.9 Å². The first-order valence-corrected chi connectivity index (χ1v) is 12.4. The van der Waals surface area contributed by atoms with E-state index in [4.69, 9.17) is 4.74 Å². The van der Waals surface area contributed by atoms with Crippen molar-refractivity contribution in [2.24, 2.45) is 0 Å². The number of ether oxygens (including phenoxy) is 1. The summed E-state index contributed by atoms with van der Waals surface area (Å²) in [5.41, 5.74) is 0.999. The molecule has 164 valence electrons. The fourth-order valence-corrected chi connectivity index (χ4v) is 5.00. The molecular formula is C22H29BrN2O4S. The standard InChI is InChI=1S/C22H29BrN2O4S/c1-4-13-25(14-5-2)30(27,28)19-10-8-18(9-11-19)24-22(26)17-7-12-21(20(23)16-17)29-15-6-3/h7-12,16H,4-6,13-15H2,1-3H3,(H,24,26). The Morgan fingerprint density at radius 3 is 2.17 bits per heavy atom. The number of sulfonamides is 1. The number of amides is 1.